The number of carbonyl (C=O) groups excluding carboxylic acids is 3. The molecule has 96 heavy (non-hydrogen) atoms. The van der Waals surface area contributed by atoms with Crippen LogP contribution in [0.15, 0.2) is 70.5 Å². The van der Waals surface area contributed by atoms with Crippen LogP contribution in [0.4, 0.5) is 17.6 Å². The molecule has 0 aliphatic rings. The lowest BCUT2D eigenvalue weighted by Crippen LogP contribution is -2.34. The van der Waals surface area contributed by atoms with E-state index in [1.807, 2.05) is 118 Å². The zero-order chi connectivity index (χ0) is 71.6. The molecule has 4 aromatic carbocycles. The number of benzene rings is 4. The number of halogens is 4. The Labute approximate surface area is 566 Å². The molecule has 0 spiro atoms. The Morgan fingerprint density at radius 3 is 1.26 bits per heavy atom. The van der Waals surface area contributed by atoms with Crippen molar-refractivity contribution in [2.75, 3.05) is 68.7 Å². The molecule has 0 bridgehead atoms. The number of carbonyl (C=O) groups is 4. The Kier molecular flexibility index (Phi) is 32.2. The number of ether oxygens (including phenoxy) is 4. The number of aliphatic carboxylic acids is 1. The van der Waals surface area contributed by atoms with E-state index in [0.29, 0.717) is 65.1 Å². The summed E-state index contributed by atoms with van der Waals surface area (Å²) >= 11 is 0. The van der Waals surface area contributed by atoms with E-state index in [4.69, 9.17) is 24.7 Å². The van der Waals surface area contributed by atoms with E-state index in [1.54, 1.807) is 86.2 Å². The maximum atomic E-state index is 16.1. The topological polar surface area (TPSA) is 202 Å². The van der Waals surface area contributed by atoms with Gasteiger partial charge in [0.2, 0.25) is 0 Å². The molecule has 2 aromatic heterocycles. The van der Waals surface area contributed by atoms with Gasteiger partial charge in [-0.3, -0.25) is 28.5 Å². The van der Waals surface area contributed by atoms with Gasteiger partial charge in [-0.05, 0) is 267 Å². The highest BCUT2D eigenvalue weighted by Crippen LogP contribution is 2.39. The van der Waals surface area contributed by atoms with Crippen LogP contribution in [0.2, 0.25) is 0 Å². The first-order chi connectivity index (χ1) is 44.5. The first kappa shape index (κ1) is 82.3. The molecule has 0 aliphatic heterocycles. The molecule has 0 amide bonds. The minimum absolute atomic E-state index is 0. The number of pyridine rings is 2. The van der Waals surface area contributed by atoms with Crippen LogP contribution in [0, 0.1) is 90.5 Å². The number of aromatic nitrogens is 2. The summed E-state index contributed by atoms with van der Waals surface area (Å²) in [5.74, 6) is -4.44. The van der Waals surface area contributed by atoms with Crippen LogP contribution in [-0.2, 0) is 41.5 Å². The molecule has 6 rings (SSSR count). The molecule has 0 fully saturated rings. The average molecular weight is 1340 g/mol. The van der Waals surface area contributed by atoms with Gasteiger partial charge in [0.15, 0.2) is 17.4 Å². The number of methoxy groups -OCH3 is 2. The summed E-state index contributed by atoms with van der Waals surface area (Å²) in [5.41, 5.74) is 15.1. The number of rotatable bonds is 28. The van der Waals surface area contributed by atoms with Crippen LogP contribution in [0.25, 0.3) is 22.3 Å². The molecular weight excluding hydrogens is 1230 g/mol. The van der Waals surface area contributed by atoms with Gasteiger partial charge in [-0.1, -0.05) is 35.1 Å². The highest BCUT2D eigenvalue weighted by molar-refractivity contribution is 5.85. The van der Waals surface area contributed by atoms with Crippen LogP contribution in [0.5, 0.6) is 11.5 Å². The lowest BCUT2D eigenvalue weighted by molar-refractivity contribution is -0.144. The van der Waals surface area contributed by atoms with E-state index >= 15 is 8.78 Å². The van der Waals surface area contributed by atoms with Gasteiger partial charge in [0.25, 0.3) is 11.1 Å². The van der Waals surface area contributed by atoms with Crippen molar-refractivity contribution in [1.29, 1.82) is 0 Å². The highest BCUT2D eigenvalue weighted by atomic mass is 19.1. The van der Waals surface area contributed by atoms with E-state index in [9.17, 15) is 42.7 Å². The number of nitrogens with zero attached hydrogens (tertiary/aromatic N) is 4. The molecule has 20 heteroatoms. The van der Waals surface area contributed by atoms with Crippen molar-refractivity contribution in [3.63, 3.8) is 0 Å². The quantitative estimate of drug-likeness (QED) is 0.0347. The van der Waals surface area contributed by atoms with E-state index in [1.165, 1.54) is 10.8 Å². The van der Waals surface area contributed by atoms with Crippen molar-refractivity contribution >= 4 is 23.7 Å². The van der Waals surface area contributed by atoms with Crippen molar-refractivity contribution in [2.24, 2.45) is 17.6 Å². The predicted molar refractivity (Wildman–Crippen MR) is 374 cm³/mol. The third-order valence-corrected chi connectivity index (χ3v) is 16.8. The number of ketones is 1. The van der Waals surface area contributed by atoms with Crippen LogP contribution in [0.1, 0.15) is 172 Å². The molecule has 4 atom stereocenters. The first-order valence-electron chi connectivity index (χ1n) is 32.3. The Morgan fingerprint density at radius 1 is 0.531 bits per heavy atom. The number of Topliss-reactive ketones (excluding diaryl/α,β-unsaturated/α-hetero) is 1. The van der Waals surface area contributed by atoms with Gasteiger partial charge in [0.1, 0.15) is 29.2 Å². The molecule has 0 radical (unpaired) electrons. The molecule has 528 valence electrons. The predicted octanol–water partition coefficient (Wildman–Crippen LogP) is 14.5. The normalized spacial score (nSPS) is 12.5. The zero-order valence-electron chi connectivity index (χ0n) is 59.4. The van der Waals surface area contributed by atoms with Gasteiger partial charge in [0.05, 0.1) is 46.3 Å². The smallest absolute Gasteiger partial charge is 0.326 e. The number of esters is 2. The standard InChI is InChI=1S/C38H50F2N2O5.C21H26FNO3.C16H25FN2O3.CH4/c1-11-47-34(44)20-28(31-18-29(15-25(6)36(31)39)35-23(4)16-30(46-10)17-24(35)5)19-33(43)32(14-22(2)3)42-21-27(12-13-41(8)9)26(7)37(40)38(42)45;1-6-26-19(24)11-18(23)17-10-15(7-14(4)21(17)22)20-12(2)8-16(25-5)9-13(20)3;1-10(2)8-13(16(21)22)19-9-12(6-7-18(4)5)11(3)14(17)15(19)20;/h15-18,21-22,28,32H,11-14,19-20H2,1-10H3;7-10,18H,6,11,23H2,1-5H3;9-10,13H,6-8H2,1-5H3,(H,21,22);1H4/t28-,32?;18-;;/m00../s1. The van der Waals surface area contributed by atoms with Crippen LogP contribution in [-0.4, -0.2) is 116 Å². The molecular formula is C76H105F4N5O11. The van der Waals surface area contributed by atoms with Crippen molar-refractivity contribution in [3.05, 3.63) is 172 Å². The number of aryl methyl sites for hydroxylation is 6. The molecule has 2 heterocycles. The number of nitrogens with two attached hydrogens (primary N) is 1. The maximum Gasteiger partial charge on any atom is 0.326 e. The minimum Gasteiger partial charge on any atom is -0.497 e. The van der Waals surface area contributed by atoms with Gasteiger partial charge < -0.3 is 44.2 Å². The lowest BCUT2D eigenvalue weighted by atomic mass is 9.83. The van der Waals surface area contributed by atoms with E-state index in [0.717, 1.165) is 54.8 Å². The second-order valence-electron chi connectivity index (χ2n) is 26.0. The second kappa shape index (κ2) is 37.5. The molecule has 6 aromatic rings. The second-order valence-corrected chi connectivity index (χ2v) is 26.0. The van der Waals surface area contributed by atoms with Crippen LogP contribution in [0.3, 0.4) is 0 Å². The highest BCUT2D eigenvalue weighted by Gasteiger charge is 2.32. The molecule has 16 nitrogen and oxygen atoms in total. The Morgan fingerprint density at radius 2 is 0.896 bits per heavy atom. The fraction of sp³-hybridized carbons (Fsp3) is 0.500. The van der Waals surface area contributed by atoms with Gasteiger partial charge in [-0.15, -0.1) is 0 Å². The molecule has 3 N–H and O–H groups in total. The van der Waals surface area contributed by atoms with Crippen LogP contribution >= 0.6 is 0 Å². The fourth-order valence-corrected chi connectivity index (χ4v) is 11.8. The Balaban J connectivity index is 0.000000412. The van der Waals surface area contributed by atoms with Crippen molar-refractivity contribution in [3.8, 4) is 33.8 Å². The third-order valence-electron chi connectivity index (χ3n) is 16.8. The Hall–Kier alpha value is -7.94. The largest absolute Gasteiger partial charge is 0.497 e. The summed E-state index contributed by atoms with van der Waals surface area (Å²) < 4.78 is 83.4. The van der Waals surface area contributed by atoms with E-state index in [-0.39, 0.29) is 87.3 Å². The number of hydrogen-bond donors (Lipinski definition) is 2. The minimum atomic E-state index is -1.11. The molecule has 0 saturated carbocycles. The van der Waals surface area contributed by atoms with Gasteiger partial charge in [-0.25, -0.2) is 22.4 Å². The number of likely N-dealkylation sites (N-methyl/N-ethyl adjacent to an activating group) is 2. The van der Waals surface area contributed by atoms with E-state index in [2.05, 4.69) is 0 Å². The summed E-state index contributed by atoms with van der Waals surface area (Å²) in [4.78, 5) is 79.7. The van der Waals surface area contributed by atoms with Crippen molar-refractivity contribution in [1.82, 2.24) is 18.9 Å². The van der Waals surface area contributed by atoms with Gasteiger partial charge in [0, 0.05) is 49.4 Å². The molecule has 2 unspecified atom stereocenters. The number of hydrogen-bond acceptors (Lipinski definition) is 13. The van der Waals surface area contributed by atoms with Crippen molar-refractivity contribution < 1.29 is 60.8 Å². The van der Waals surface area contributed by atoms with Gasteiger partial charge >= 0.3 is 17.9 Å². The zero-order valence-corrected chi connectivity index (χ0v) is 59.4. The first-order valence-corrected chi connectivity index (χ1v) is 32.3. The maximum absolute atomic E-state index is 16.1. The summed E-state index contributed by atoms with van der Waals surface area (Å²) in [6.45, 7) is 27.1. The summed E-state index contributed by atoms with van der Waals surface area (Å²) in [5, 5.41) is 9.38. The van der Waals surface area contributed by atoms with Crippen molar-refractivity contribution in [2.45, 2.75) is 173 Å². The van der Waals surface area contributed by atoms with Gasteiger partial charge in [-0.2, -0.15) is 0 Å². The van der Waals surface area contributed by atoms with E-state index < -0.39 is 70.5 Å². The van der Waals surface area contributed by atoms with Crippen LogP contribution < -0.4 is 26.3 Å². The summed E-state index contributed by atoms with van der Waals surface area (Å²) in [6.07, 6.45) is 4.16. The lowest BCUT2D eigenvalue weighted by Gasteiger charge is -2.26. The monoisotopic (exact) mass is 1340 g/mol. The molecule has 0 aliphatic carbocycles. The fourth-order valence-electron chi connectivity index (χ4n) is 11.8. The Bertz CT molecular complexity index is 3750. The third kappa shape index (κ3) is 22.0. The molecule has 0 saturated heterocycles. The number of carboxylic acid groups (broad SMARTS) is 1. The SMILES string of the molecule is C.CCOC(=O)C[C@H](CC(=O)C(CC(C)C)n1cc(CCN(C)C)c(C)c(F)c1=O)c1cc(-c2c(C)cc(OC)cc2C)cc(C)c1F.CCOC(=O)C[C@H](N)c1cc(-c2c(C)cc(OC)cc2C)cc(C)c1F.Cc1c(CCN(C)C)cn(C(CC(C)C)C(=O)O)c(=O)c1F. The summed E-state index contributed by atoms with van der Waals surface area (Å²) in [6, 6.07) is 11.9. The average Bonchev–Trinajstić information content (AvgIpc) is 0.802. The summed E-state index contributed by atoms with van der Waals surface area (Å²) in [7, 11) is 10.8. The number of carboxylic acids is 1.